The molecule has 15 unspecified atom stereocenters. The molecule has 3 saturated heterocycles. The molecular weight excluding hydrogens is 490 g/mol. The monoisotopic (exact) mass is 527 g/mol. The standard InChI is InChI=1S/C20H37N3O13/c1-23-7-2-5(21)9(26)15(10(7)27)33-19-17-16(11(28)8(4-25)32-19)35-20(36-17)18(31)13(30)12(29)14(34-20)6(22)3-24/h5-19,23-31H,2-4,21-22H2,1H3/t5?,6?,7?,8?,9?,10?,11?,12?,13?,14?,15?,16?,17?,18?,19?,20-/m1/s1. The fourth-order valence-corrected chi connectivity index (χ4v) is 5.23. The number of ether oxygens (including phenoxy) is 5. The van der Waals surface area contributed by atoms with Crippen molar-refractivity contribution < 1.29 is 64.5 Å². The van der Waals surface area contributed by atoms with Gasteiger partial charge >= 0.3 is 5.97 Å². The van der Waals surface area contributed by atoms with E-state index in [1.807, 2.05) is 0 Å². The quantitative estimate of drug-likeness (QED) is 0.153. The zero-order chi connectivity index (χ0) is 26.5. The number of hydrogen-bond acceptors (Lipinski definition) is 16. The van der Waals surface area contributed by atoms with E-state index >= 15 is 0 Å². The molecule has 4 rings (SSSR count). The molecule has 0 bridgehead atoms. The summed E-state index contributed by atoms with van der Waals surface area (Å²) in [5.74, 6) is -2.48. The Morgan fingerprint density at radius 1 is 0.944 bits per heavy atom. The van der Waals surface area contributed by atoms with Gasteiger partial charge in [-0.05, 0) is 13.5 Å². The predicted octanol–water partition coefficient (Wildman–Crippen LogP) is -7.27. The van der Waals surface area contributed by atoms with Crippen LogP contribution in [-0.4, -0.2) is 159 Å². The first-order valence-electron chi connectivity index (χ1n) is 11.8. The van der Waals surface area contributed by atoms with Crippen molar-refractivity contribution >= 4 is 0 Å². The van der Waals surface area contributed by atoms with Crippen LogP contribution < -0.4 is 16.8 Å². The summed E-state index contributed by atoms with van der Waals surface area (Å²) < 4.78 is 28.7. The number of nitrogens with two attached hydrogens (primary N) is 2. The molecule has 0 amide bonds. The fourth-order valence-electron chi connectivity index (χ4n) is 5.23. The smallest absolute Gasteiger partial charge is 0.314 e. The van der Waals surface area contributed by atoms with E-state index in [1.54, 1.807) is 7.05 Å². The normalized spacial score (nSPS) is 54.4. The van der Waals surface area contributed by atoms with Gasteiger partial charge in [-0.2, -0.15) is 0 Å². The molecule has 0 aromatic rings. The molecule has 1 saturated carbocycles. The van der Waals surface area contributed by atoms with Gasteiger partial charge in [0.1, 0.15) is 48.8 Å². The van der Waals surface area contributed by atoms with Crippen LogP contribution in [-0.2, 0) is 23.7 Å². The average Bonchev–Trinajstić information content (AvgIpc) is 3.27. The van der Waals surface area contributed by atoms with Gasteiger partial charge in [-0.3, -0.25) is 0 Å². The summed E-state index contributed by atoms with van der Waals surface area (Å²) in [4.78, 5) is 0. The number of fused-ring (bicyclic) bond motifs is 1. The highest BCUT2D eigenvalue weighted by Gasteiger charge is 2.67. The lowest BCUT2D eigenvalue weighted by atomic mass is 9.84. The lowest BCUT2D eigenvalue weighted by Crippen LogP contribution is -2.69. The van der Waals surface area contributed by atoms with Gasteiger partial charge < -0.3 is 81.3 Å². The first kappa shape index (κ1) is 28.4. The van der Waals surface area contributed by atoms with Crippen LogP contribution in [0, 0.1) is 0 Å². The number of aliphatic hydroxyl groups excluding tert-OH is 8. The minimum Gasteiger partial charge on any atom is -0.395 e. The zero-order valence-electron chi connectivity index (χ0n) is 19.6. The maximum atomic E-state index is 10.7. The number of nitrogens with one attached hydrogen (secondary N) is 1. The second-order valence-corrected chi connectivity index (χ2v) is 9.72. The Morgan fingerprint density at radius 2 is 1.61 bits per heavy atom. The molecule has 16 nitrogen and oxygen atoms in total. The van der Waals surface area contributed by atoms with Crippen LogP contribution in [0.3, 0.4) is 0 Å². The van der Waals surface area contributed by atoms with E-state index in [-0.39, 0.29) is 6.42 Å². The molecule has 210 valence electrons. The van der Waals surface area contributed by atoms with Crippen molar-refractivity contribution in [3.63, 3.8) is 0 Å². The van der Waals surface area contributed by atoms with E-state index in [9.17, 15) is 40.9 Å². The first-order valence-corrected chi connectivity index (χ1v) is 11.8. The molecule has 16 heteroatoms. The van der Waals surface area contributed by atoms with Gasteiger partial charge in [0, 0.05) is 12.1 Å². The summed E-state index contributed by atoms with van der Waals surface area (Å²) in [7, 11) is 1.60. The topological polar surface area (TPSA) is 272 Å². The highest BCUT2D eigenvalue weighted by molar-refractivity contribution is 5.05. The molecule has 13 N–H and O–H groups in total. The van der Waals surface area contributed by atoms with Gasteiger partial charge in [0.2, 0.25) is 0 Å². The van der Waals surface area contributed by atoms with Crippen LogP contribution in [0.5, 0.6) is 0 Å². The van der Waals surface area contributed by atoms with Crippen LogP contribution in [0.4, 0.5) is 0 Å². The van der Waals surface area contributed by atoms with Crippen LogP contribution in [0.2, 0.25) is 0 Å². The average molecular weight is 528 g/mol. The Hall–Kier alpha value is -0.640. The number of aliphatic hydroxyl groups is 8. The van der Waals surface area contributed by atoms with Crippen molar-refractivity contribution in [2.75, 3.05) is 20.3 Å². The Labute approximate surface area is 206 Å². The van der Waals surface area contributed by atoms with Gasteiger partial charge in [0.25, 0.3) is 0 Å². The zero-order valence-corrected chi connectivity index (χ0v) is 19.6. The van der Waals surface area contributed by atoms with E-state index in [0.717, 1.165) is 0 Å². The largest absolute Gasteiger partial charge is 0.395 e. The van der Waals surface area contributed by atoms with Crippen LogP contribution >= 0.6 is 0 Å². The summed E-state index contributed by atoms with van der Waals surface area (Å²) in [5, 5.41) is 85.6. The number of likely N-dealkylation sites (N-methyl/N-ethyl adjacent to an activating group) is 1. The summed E-state index contributed by atoms with van der Waals surface area (Å²) >= 11 is 0. The first-order chi connectivity index (χ1) is 17.0. The van der Waals surface area contributed by atoms with Gasteiger partial charge in [0.15, 0.2) is 12.4 Å². The molecule has 36 heavy (non-hydrogen) atoms. The van der Waals surface area contributed by atoms with Crippen LogP contribution in [0.25, 0.3) is 0 Å². The predicted molar refractivity (Wildman–Crippen MR) is 115 cm³/mol. The second-order valence-electron chi connectivity index (χ2n) is 9.72. The lowest BCUT2D eigenvalue weighted by molar-refractivity contribution is -0.439. The SMILES string of the molecule is CNC1CC(N)C(O)C(OC2OC(CO)C(O)C3O[C@@]4(OC(C(N)CO)C(O)C(O)C4O)OC23)C1O. The fraction of sp³-hybridized carbons (Fsp3) is 1.00. The van der Waals surface area contributed by atoms with Crippen molar-refractivity contribution in [1.82, 2.24) is 5.32 Å². The van der Waals surface area contributed by atoms with Crippen molar-refractivity contribution in [2.24, 2.45) is 11.5 Å². The highest BCUT2D eigenvalue weighted by Crippen LogP contribution is 2.45. The minimum atomic E-state index is -2.48. The van der Waals surface area contributed by atoms with Gasteiger partial charge in [0.05, 0.1) is 31.5 Å². The van der Waals surface area contributed by atoms with Crippen LogP contribution in [0.15, 0.2) is 0 Å². The molecule has 0 radical (unpaired) electrons. The maximum absolute atomic E-state index is 10.7. The van der Waals surface area contributed by atoms with Crippen LogP contribution in [0.1, 0.15) is 6.42 Å². The van der Waals surface area contributed by atoms with Crippen molar-refractivity contribution in [1.29, 1.82) is 0 Å². The third-order valence-corrected chi connectivity index (χ3v) is 7.42. The van der Waals surface area contributed by atoms with Gasteiger partial charge in [-0.1, -0.05) is 0 Å². The second kappa shape index (κ2) is 10.9. The Bertz CT molecular complexity index is 756. The Morgan fingerprint density at radius 3 is 2.22 bits per heavy atom. The van der Waals surface area contributed by atoms with Gasteiger partial charge in [-0.15, -0.1) is 0 Å². The maximum Gasteiger partial charge on any atom is 0.314 e. The molecule has 3 aliphatic heterocycles. The minimum absolute atomic E-state index is 0.254. The molecule has 4 aliphatic rings. The Balaban J connectivity index is 1.62. The summed E-state index contributed by atoms with van der Waals surface area (Å²) in [6.07, 6.45) is -17.7. The van der Waals surface area contributed by atoms with E-state index < -0.39 is 111 Å². The van der Waals surface area contributed by atoms with E-state index in [1.165, 1.54) is 0 Å². The molecule has 1 aliphatic carbocycles. The van der Waals surface area contributed by atoms with Crippen molar-refractivity contribution in [3.8, 4) is 0 Å². The molecule has 1 spiro atoms. The number of hydrogen-bond donors (Lipinski definition) is 11. The van der Waals surface area contributed by atoms with Gasteiger partial charge in [-0.25, -0.2) is 0 Å². The van der Waals surface area contributed by atoms with E-state index in [4.69, 9.17) is 35.2 Å². The number of rotatable bonds is 6. The molecule has 4 fully saturated rings. The lowest BCUT2D eigenvalue weighted by Gasteiger charge is -2.46. The highest BCUT2D eigenvalue weighted by atomic mass is 16.9. The van der Waals surface area contributed by atoms with Crippen molar-refractivity contribution in [2.45, 2.75) is 104 Å². The van der Waals surface area contributed by atoms with E-state index in [0.29, 0.717) is 0 Å². The molecule has 3 heterocycles. The molecule has 16 atom stereocenters. The summed E-state index contributed by atoms with van der Waals surface area (Å²) in [6, 6.07) is -2.50. The van der Waals surface area contributed by atoms with E-state index in [2.05, 4.69) is 5.32 Å². The Kier molecular flexibility index (Phi) is 8.55. The third kappa shape index (κ3) is 4.68. The molecular formula is C20H37N3O13. The molecule has 0 aromatic carbocycles. The van der Waals surface area contributed by atoms with Crippen molar-refractivity contribution in [3.05, 3.63) is 0 Å². The molecule has 0 aromatic heterocycles. The third-order valence-electron chi connectivity index (χ3n) is 7.42. The summed E-state index contributed by atoms with van der Waals surface area (Å²) in [6.45, 7) is -1.33. The summed E-state index contributed by atoms with van der Waals surface area (Å²) in [5.41, 5.74) is 11.8.